The molecule has 0 aromatic carbocycles. The summed E-state index contributed by atoms with van der Waals surface area (Å²) >= 11 is 1.20. The Morgan fingerprint density at radius 1 is 1.38 bits per heavy atom. The Morgan fingerprint density at radius 3 is 2.71 bits per heavy atom. The van der Waals surface area contributed by atoms with E-state index in [1.165, 1.54) is 21.6 Å². The van der Waals surface area contributed by atoms with Gasteiger partial charge in [-0.2, -0.15) is 0 Å². The van der Waals surface area contributed by atoms with Gasteiger partial charge in [0.05, 0.1) is 6.54 Å². The molecule has 2 aromatic rings. The number of urea groups is 1. The van der Waals surface area contributed by atoms with Gasteiger partial charge in [0.25, 0.3) is 0 Å². The molecule has 0 saturated carbocycles. The molecule has 0 aliphatic rings. The zero-order valence-electron chi connectivity index (χ0n) is 11.3. The monoisotopic (exact) mass is 306 g/mol. The number of carbonyl (C=O) groups is 2. The summed E-state index contributed by atoms with van der Waals surface area (Å²) < 4.78 is 0. The van der Waals surface area contributed by atoms with Crippen molar-refractivity contribution in [3.05, 3.63) is 46.2 Å². The van der Waals surface area contributed by atoms with Crippen LogP contribution in [0.3, 0.4) is 0 Å². The molecule has 0 aliphatic carbocycles. The summed E-state index contributed by atoms with van der Waals surface area (Å²) in [4.78, 5) is 32.0. The van der Waals surface area contributed by atoms with Gasteiger partial charge in [0.1, 0.15) is 5.01 Å². The van der Waals surface area contributed by atoms with Gasteiger partial charge in [0.2, 0.25) is 0 Å². The summed E-state index contributed by atoms with van der Waals surface area (Å²) in [6.07, 6.45) is 3.34. The topological polar surface area (TPSA) is 95.4 Å². The summed E-state index contributed by atoms with van der Waals surface area (Å²) in [6.45, 7) is 0.671. The molecule has 0 saturated heterocycles. The number of thiazole rings is 1. The number of hydrogen-bond acceptors (Lipinski definition) is 5. The Hall–Kier alpha value is -2.48. The fourth-order valence-electron chi connectivity index (χ4n) is 1.61. The maximum Gasteiger partial charge on any atom is 0.355 e. The lowest BCUT2D eigenvalue weighted by atomic mass is 10.2. The first-order chi connectivity index (χ1) is 10.1. The summed E-state index contributed by atoms with van der Waals surface area (Å²) in [7, 11) is 1.68. The van der Waals surface area contributed by atoms with Gasteiger partial charge in [-0.3, -0.25) is 4.98 Å². The second-order valence-electron chi connectivity index (χ2n) is 4.30. The first-order valence-corrected chi connectivity index (χ1v) is 7.00. The van der Waals surface area contributed by atoms with E-state index in [0.717, 1.165) is 5.56 Å². The van der Waals surface area contributed by atoms with Crippen LogP contribution in [0.1, 0.15) is 21.1 Å². The standard InChI is InChI=1S/C13H14N4O3S/c1-17(7-9-2-4-14-5-3-9)13(20)15-6-11-16-10(8-21-11)12(18)19/h2-5,8H,6-7H2,1H3,(H,15,20)(H,18,19). The molecule has 0 radical (unpaired) electrons. The molecule has 0 spiro atoms. The van der Waals surface area contributed by atoms with Crippen LogP contribution < -0.4 is 5.32 Å². The molecule has 21 heavy (non-hydrogen) atoms. The highest BCUT2D eigenvalue weighted by molar-refractivity contribution is 7.09. The van der Waals surface area contributed by atoms with Crippen LogP contribution >= 0.6 is 11.3 Å². The minimum absolute atomic E-state index is 0.00520. The maximum absolute atomic E-state index is 11.9. The summed E-state index contributed by atoms with van der Waals surface area (Å²) in [6, 6.07) is 3.42. The van der Waals surface area contributed by atoms with Crippen LogP contribution in [0, 0.1) is 0 Å². The van der Waals surface area contributed by atoms with Gasteiger partial charge < -0.3 is 15.3 Å². The number of carboxylic acid groups (broad SMARTS) is 1. The lowest BCUT2D eigenvalue weighted by Crippen LogP contribution is -2.36. The van der Waals surface area contributed by atoms with E-state index < -0.39 is 5.97 Å². The van der Waals surface area contributed by atoms with Gasteiger partial charge >= 0.3 is 12.0 Å². The number of nitrogens with one attached hydrogen (secondary N) is 1. The number of carbonyl (C=O) groups excluding carboxylic acids is 1. The van der Waals surface area contributed by atoms with Crippen molar-refractivity contribution in [3.63, 3.8) is 0 Å². The van der Waals surface area contributed by atoms with Crippen LogP contribution in [0.2, 0.25) is 0 Å². The highest BCUT2D eigenvalue weighted by Gasteiger charge is 2.12. The van der Waals surface area contributed by atoms with Gasteiger partial charge in [-0.25, -0.2) is 14.6 Å². The van der Waals surface area contributed by atoms with Crippen molar-refractivity contribution in [1.29, 1.82) is 0 Å². The van der Waals surface area contributed by atoms with Crippen LogP contribution in [-0.2, 0) is 13.1 Å². The Balaban J connectivity index is 1.84. The molecule has 2 N–H and O–H groups in total. The SMILES string of the molecule is CN(Cc1ccncc1)C(=O)NCc1nc(C(=O)O)cs1. The normalized spacial score (nSPS) is 10.1. The summed E-state index contributed by atoms with van der Waals surface area (Å²) in [5.41, 5.74) is 0.972. The van der Waals surface area contributed by atoms with Gasteiger partial charge in [-0.05, 0) is 17.7 Å². The lowest BCUT2D eigenvalue weighted by molar-refractivity contribution is 0.0691. The quantitative estimate of drug-likeness (QED) is 0.874. The molecule has 110 valence electrons. The molecule has 0 aliphatic heterocycles. The Morgan fingerprint density at radius 2 is 2.10 bits per heavy atom. The van der Waals surface area contributed by atoms with E-state index in [4.69, 9.17) is 5.11 Å². The highest BCUT2D eigenvalue weighted by atomic mass is 32.1. The summed E-state index contributed by atoms with van der Waals surface area (Å²) in [5, 5.41) is 13.5. The largest absolute Gasteiger partial charge is 0.476 e. The van der Waals surface area contributed by atoms with E-state index in [1.54, 1.807) is 19.4 Å². The van der Waals surface area contributed by atoms with E-state index in [1.807, 2.05) is 12.1 Å². The minimum Gasteiger partial charge on any atom is -0.476 e. The van der Waals surface area contributed by atoms with Gasteiger partial charge in [-0.1, -0.05) is 0 Å². The number of pyridine rings is 1. The van der Waals surface area contributed by atoms with Gasteiger partial charge in [0, 0.05) is 31.4 Å². The molecule has 2 rings (SSSR count). The second-order valence-corrected chi connectivity index (χ2v) is 5.24. The Kier molecular flexibility index (Phi) is 4.83. The molecular weight excluding hydrogens is 292 g/mol. The number of nitrogens with zero attached hydrogens (tertiary/aromatic N) is 3. The van der Waals surface area contributed by atoms with E-state index >= 15 is 0 Å². The average molecular weight is 306 g/mol. The number of aromatic carboxylic acids is 1. The first kappa shape index (κ1) is 14.9. The molecular formula is C13H14N4O3S. The number of rotatable bonds is 5. The molecule has 0 fully saturated rings. The average Bonchev–Trinajstić information content (AvgIpc) is 2.95. The van der Waals surface area contributed by atoms with Crippen LogP contribution in [0.25, 0.3) is 0 Å². The van der Waals surface area contributed by atoms with Crippen molar-refractivity contribution in [1.82, 2.24) is 20.2 Å². The minimum atomic E-state index is -1.07. The van der Waals surface area contributed by atoms with Crippen LogP contribution in [0.4, 0.5) is 4.79 Å². The van der Waals surface area contributed by atoms with E-state index in [2.05, 4.69) is 15.3 Å². The molecule has 2 heterocycles. The molecule has 2 amide bonds. The van der Waals surface area contributed by atoms with Gasteiger partial charge in [-0.15, -0.1) is 11.3 Å². The Labute approximate surface area is 125 Å². The first-order valence-electron chi connectivity index (χ1n) is 6.12. The number of amides is 2. The van der Waals surface area contributed by atoms with Crippen molar-refractivity contribution in [2.45, 2.75) is 13.1 Å². The van der Waals surface area contributed by atoms with Crippen LogP contribution in [0.15, 0.2) is 29.9 Å². The number of aromatic nitrogens is 2. The van der Waals surface area contributed by atoms with E-state index in [-0.39, 0.29) is 18.3 Å². The fourth-order valence-corrected chi connectivity index (χ4v) is 2.32. The fraction of sp³-hybridized carbons (Fsp3) is 0.231. The smallest absolute Gasteiger partial charge is 0.355 e. The molecule has 0 unspecified atom stereocenters. The third-order valence-electron chi connectivity index (χ3n) is 2.68. The zero-order valence-corrected chi connectivity index (χ0v) is 12.1. The van der Waals surface area contributed by atoms with Crippen molar-refractivity contribution in [3.8, 4) is 0 Å². The number of hydrogen-bond donors (Lipinski definition) is 2. The molecule has 0 atom stereocenters. The van der Waals surface area contributed by atoms with Crippen molar-refractivity contribution in [2.75, 3.05) is 7.05 Å². The maximum atomic E-state index is 11.9. The second kappa shape index (κ2) is 6.80. The predicted molar refractivity (Wildman–Crippen MR) is 77.0 cm³/mol. The van der Waals surface area contributed by atoms with Crippen molar-refractivity contribution >= 4 is 23.3 Å². The predicted octanol–water partition coefficient (Wildman–Crippen LogP) is 1.58. The third kappa shape index (κ3) is 4.25. The van der Waals surface area contributed by atoms with Gasteiger partial charge in [0.15, 0.2) is 5.69 Å². The molecule has 2 aromatic heterocycles. The van der Waals surface area contributed by atoms with Crippen LogP contribution in [0.5, 0.6) is 0 Å². The lowest BCUT2D eigenvalue weighted by Gasteiger charge is -2.17. The number of carboxylic acids is 1. The highest BCUT2D eigenvalue weighted by Crippen LogP contribution is 2.09. The Bertz CT molecular complexity index is 629. The van der Waals surface area contributed by atoms with E-state index in [9.17, 15) is 9.59 Å². The van der Waals surface area contributed by atoms with Crippen molar-refractivity contribution in [2.24, 2.45) is 0 Å². The van der Waals surface area contributed by atoms with Crippen molar-refractivity contribution < 1.29 is 14.7 Å². The van der Waals surface area contributed by atoms with Crippen LogP contribution in [-0.4, -0.2) is 39.0 Å². The summed E-state index contributed by atoms with van der Waals surface area (Å²) in [5.74, 6) is -1.07. The van der Waals surface area contributed by atoms with E-state index in [0.29, 0.717) is 11.6 Å². The third-order valence-corrected chi connectivity index (χ3v) is 3.53. The molecule has 8 heteroatoms. The molecule has 7 nitrogen and oxygen atoms in total. The zero-order chi connectivity index (χ0) is 15.2. The molecule has 0 bridgehead atoms.